The summed E-state index contributed by atoms with van der Waals surface area (Å²) in [5, 5.41) is 0. The van der Waals surface area contributed by atoms with Crippen LogP contribution in [0.4, 0.5) is 10.2 Å². The van der Waals surface area contributed by atoms with Crippen LogP contribution in [0, 0.1) is 5.82 Å². The fourth-order valence-corrected chi connectivity index (χ4v) is 4.97. The molecule has 2 saturated heterocycles. The SMILES string of the molecule is O=S(=O)(N[C@H]1CCN(Cc2cccc(F)c2)C1)c1ccc(N2CCOCC2)nc1. The van der Waals surface area contributed by atoms with E-state index in [-0.39, 0.29) is 16.8 Å². The first kappa shape index (κ1) is 20.2. The van der Waals surface area contributed by atoms with E-state index in [0.717, 1.165) is 31.0 Å². The van der Waals surface area contributed by atoms with Crippen LogP contribution >= 0.6 is 0 Å². The number of likely N-dealkylation sites (tertiary alicyclic amines) is 1. The largest absolute Gasteiger partial charge is 0.378 e. The molecule has 0 spiro atoms. The molecular weight excluding hydrogens is 395 g/mol. The van der Waals surface area contributed by atoms with E-state index in [4.69, 9.17) is 4.74 Å². The molecule has 2 aromatic rings. The number of morpholine rings is 1. The number of aromatic nitrogens is 1. The van der Waals surface area contributed by atoms with Crippen molar-refractivity contribution in [2.24, 2.45) is 0 Å². The van der Waals surface area contributed by atoms with Crippen molar-refractivity contribution in [2.75, 3.05) is 44.3 Å². The maximum atomic E-state index is 13.3. The lowest BCUT2D eigenvalue weighted by Gasteiger charge is -2.27. The van der Waals surface area contributed by atoms with Gasteiger partial charge in [0.25, 0.3) is 0 Å². The molecule has 0 radical (unpaired) electrons. The highest BCUT2D eigenvalue weighted by Crippen LogP contribution is 2.19. The van der Waals surface area contributed by atoms with Crippen molar-refractivity contribution in [1.82, 2.24) is 14.6 Å². The Bertz CT molecular complexity index is 933. The third kappa shape index (κ3) is 5.11. The first-order chi connectivity index (χ1) is 14.0. The highest BCUT2D eigenvalue weighted by Gasteiger charge is 2.27. The van der Waals surface area contributed by atoms with Crippen molar-refractivity contribution in [2.45, 2.75) is 23.9 Å². The van der Waals surface area contributed by atoms with Gasteiger partial charge in [0.2, 0.25) is 10.0 Å². The van der Waals surface area contributed by atoms with Gasteiger partial charge >= 0.3 is 0 Å². The van der Waals surface area contributed by atoms with Crippen molar-refractivity contribution in [3.63, 3.8) is 0 Å². The lowest BCUT2D eigenvalue weighted by Crippen LogP contribution is -2.37. The van der Waals surface area contributed by atoms with E-state index >= 15 is 0 Å². The van der Waals surface area contributed by atoms with Crippen molar-refractivity contribution >= 4 is 15.8 Å². The Kier molecular flexibility index (Phi) is 6.09. The van der Waals surface area contributed by atoms with Crippen molar-refractivity contribution in [1.29, 1.82) is 0 Å². The number of pyridine rings is 1. The highest BCUT2D eigenvalue weighted by molar-refractivity contribution is 7.89. The maximum Gasteiger partial charge on any atom is 0.242 e. The average molecular weight is 421 g/mol. The van der Waals surface area contributed by atoms with Gasteiger partial charge in [0.15, 0.2) is 0 Å². The minimum absolute atomic E-state index is 0.165. The summed E-state index contributed by atoms with van der Waals surface area (Å²) in [7, 11) is -3.64. The Labute approximate surface area is 170 Å². The van der Waals surface area contributed by atoms with E-state index in [9.17, 15) is 12.8 Å². The zero-order chi connectivity index (χ0) is 20.3. The summed E-state index contributed by atoms with van der Waals surface area (Å²) in [4.78, 5) is 8.70. The van der Waals surface area contributed by atoms with Gasteiger partial charge in [-0.15, -0.1) is 0 Å². The molecule has 2 aliphatic rings. The quantitative estimate of drug-likeness (QED) is 0.765. The average Bonchev–Trinajstić information content (AvgIpc) is 3.15. The Balaban J connectivity index is 1.35. The zero-order valence-corrected chi connectivity index (χ0v) is 16.9. The molecular formula is C20H25FN4O3S. The monoisotopic (exact) mass is 420 g/mol. The second-order valence-corrected chi connectivity index (χ2v) is 9.14. The topological polar surface area (TPSA) is 74.8 Å². The van der Waals surface area contributed by atoms with E-state index in [1.54, 1.807) is 18.2 Å². The first-order valence-electron chi connectivity index (χ1n) is 9.77. The predicted octanol–water partition coefficient (Wildman–Crippen LogP) is 1.61. The number of sulfonamides is 1. The Hall–Kier alpha value is -2.07. The van der Waals surface area contributed by atoms with Gasteiger partial charge in [-0.1, -0.05) is 12.1 Å². The van der Waals surface area contributed by atoms with Crippen molar-refractivity contribution in [3.05, 3.63) is 54.0 Å². The number of hydrogen-bond donors (Lipinski definition) is 1. The number of hydrogen-bond acceptors (Lipinski definition) is 6. The molecule has 9 heteroatoms. The standard InChI is InChI=1S/C20H25FN4O3S/c21-17-3-1-2-16(12-17)14-24-7-6-18(15-24)23-29(26,27)19-4-5-20(22-13-19)25-8-10-28-11-9-25/h1-5,12-13,18,23H,6-11,14-15H2/t18-/m0/s1. The molecule has 0 amide bonds. The molecule has 156 valence electrons. The van der Waals surface area contributed by atoms with Gasteiger partial charge in [0.05, 0.1) is 13.2 Å². The number of ether oxygens (including phenoxy) is 1. The second-order valence-electron chi connectivity index (χ2n) is 7.42. The molecule has 29 heavy (non-hydrogen) atoms. The smallest absolute Gasteiger partial charge is 0.242 e. The summed E-state index contributed by atoms with van der Waals surface area (Å²) in [5.74, 6) is 0.501. The predicted molar refractivity (Wildman–Crippen MR) is 108 cm³/mol. The van der Waals surface area contributed by atoms with Crippen LogP contribution in [0.5, 0.6) is 0 Å². The number of rotatable bonds is 6. The normalized spacial score (nSPS) is 20.9. The number of halogens is 1. The lowest BCUT2D eigenvalue weighted by molar-refractivity contribution is 0.122. The molecule has 1 aromatic heterocycles. The summed E-state index contributed by atoms with van der Waals surface area (Å²) < 4.78 is 46.9. The molecule has 1 atom stereocenters. The van der Waals surface area contributed by atoms with E-state index < -0.39 is 10.0 Å². The van der Waals surface area contributed by atoms with Crippen LogP contribution in [0.2, 0.25) is 0 Å². The molecule has 2 aliphatic heterocycles. The fourth-order valence-electron chi connectivity index (χ4n) is 3.76. The van der Waals surface area contributed by atoms with E-state index in [2.05, 4.69) is 19.5 Å². The summed E-state index contributed by atoms with van der Waals surface area (Å²) in [6.45, 7) is 4.76. The zero-order valence-electron chi connectivity index (χ0n) is 16.1. The molecule has 0 saturated carbocycles. The van der Waals surface area contributed by atoms with Crippen molar-refractivity contribution in [3.8, 4) is 0 Å². The lowest BCUT2D eigenvalue weighted by atomic mass is 10.2. The molecule has 0 unspecified atom stereocenters. The molecule has 2 fully saturated rings. The molecule has 7 nitrogen and oxygen atoms in total. The van der Waals surface area contributed by atoms with E-state index in [0.29, 0.717) is 32.7 Å². The van der Waals surface area contributed by atoms with E-state index in [1.165, 1.54) is 18.3 Å². The number of anilines is 1. The highest BCUT2D eigenvalue weighted by atomic mass is 32.2. The fraction of sp³-hybridized carbons (Fsp3) is 0.450. The van der Waals surface area contributed by atoms with Crippen LogP contribution in [-0.2, 0) is 21.3 Å². The van der Waals surface area contributed by atoms with Gasteiger partial charge in [-0.2, -0.15) is 0 Å². The van der Waals surface area contributed by atoms with Gasteiger partial charge in [-0.05, 0) is 36.2 Å². The minimum atomic E-state index is -3.64. The van der Waals surface area contributed by atoms with Gasteiger partial charge in [0, 0.05) is 45.0 Å². The van der Waals surface area contributed by atoms with Gasteiger partial charge in [-0.3, -0.25) is 4.90 Å². The van der Waals surface area contributed by atoms with Crippen LogP contribution in [0.3, 0.4) is 0 Å². The van der Waals surface area contributed by atoms with E-state index in [1.807, 2.05) is 6.07 Å². The Morgan fingerprint density at radius 3 is 2.72 bits per heavy atom. The van der Waals surface area contributed by atoms with Gasteiger partial charge < -0.3 is 9.64 Å². The molecule has 3 heterocycles. The molecule has 1 N–H and O–H groups in total. The number of nitrogens with one attached hydrogen (secondary N) is 1. The molecule has 4 rings (SSSR count). The van der Waals surface area contributed by atoms with Gasteiger partial charge in [0.1, 0.15) is 16.5 Å². The molecule has 1 aromatic carbocycles. The summed E-state index contributed by atoms with van der Waals surface area (Å²) in [5.41, 5.74) is 0.886. The van der Waals surface area contributed by atoms with Crippen LogP contribution in [0.15, 0.2) is 47.5 Å². The van der Waals surface area contributed by atoms with Crippen LogP contribution in [-0.4, -0.2) is 63.7 Å². The maximum absolute atomic E-state index is 13.3. The summed E-state index contributed by atoms with van der Waals surface area (Å²) in [6, 6.07) is 9.66. The van der Waals surface area contributed by atoms with Crippen LogP contribution < -0.4 is 9.62 Å². The van der Waals surface area contributed by atoms with Crippen LogP contribution in [0.25, 0.3) is 0 Å². The summed E-state index contributed by atoms with van der Waals surface area (Å²) >= 11 is 0. The molecule has 0 bridgehead atoms. The van der Waals surface area contributed by atoms with Crippen LogP contribution in [0.1, 0.15) is 12.0 Å². The van der Waals surface area contributed by atoms with Crippen molar-refractivity contribution < 1.29 is 17.5 Å². The molecule has 0 aliphatic carbocycles. The first-order valence-corrected chi connectivity index (χ1v) is 11.3. The third-order valence-corrected chi connectivity index (χ3v) is 6.76. The second kappa shape index (κ2) is 8.74. The number of nitrogens with zero attached hydrogens (tertiary/aromatic N) is 3. The van der Waals surface area contributed by atoms with Gasteiger partial charge in [-0.25, -0.2) is 22.5 Å². The third-order valence-electron chi connectivity index (χ3n) is 5.26. The number of benzene rings is 1. The summed E-state index contributed by atoms with van der Waals surface area (Å²) in [6.07, 6.45) is 2.13. The minimum Gasteiger partial charge on any atom is -0.378 e. The Morgan fingerprint density at radius 2 is 2.00 bits per heavy atom. The Morgan fingerprint density at radius 1 is 1.17 bits per heavy atom.